The third kappa shape index (κ3) is 3.27. The van der Waals surface area contributed by atoms with E-state index in [0.29, 0.717) is 18.9 Å². The molecule has 0 radical (unpaired) electrons. The number of aromatic nitrogens is 3. The summed E-state index contributed by atoms with van der Waals surface area (Å²) < 4.78 is 7.13. The molecular weight excluding hydrogens is 348 g/mol. The second-order valence-corrected chi connectivity index (χ2v) is 7.16. The maximum atomic E-state index is 12.9. The van der Waals surface area contributed by atoms with Gasteiger partial charge in [-0.3, -0.25) is 4.79 Å². The van der Waals surface area contributed by atoms with E-state index in [-0.39, 0.29) is 17.8 Å². The SMILES string of the molecule is COC1CCN(C(=O)c2nc(-c3cccs3)n(-c3ccccc3)n2)CC1. The first kappa shape index (κ1) is 16.9. The number of likely N-dealkylation sites (tertiary alicyclic amines) is 1. The van der Waals surface area contributed by atoms with Crippen molar-refractivity contribution in [2.75, 3.05) is 20.2 Å². The third-order valence-corrected chi connectivity index (χ3v) is 5.47. The van der Waals surface area contributed by atoms with Gasteiger partial charge in [0.15, 0.2) is 5.82 Å². The van der Waals surface area contributed by atoms with Crippen LogP contribution in [0.4, 0.5) is 0 Å². The van der Waals surface area contributed by atoms with Crippen LogP contribution in [-0.2, 0) is 4.74 Å². The number of methoxy groups -OCH3 is 1. The van der Waals surface area contributed by atoms with Crippen molar-refractivity contribution in [2.45, 2.75) is 18.9 Å². The molecular formula is C19H20N4O2S. The molecule has 6 nitrogen and oxygen atoms in total. The second-order valence-electron chi connectivity index (χ2n) is 6.21. The molecule has 1 aromatic carbocycles. The Kier molecular flexibility index (Phi) is 4.81. The highest BCUT2D eigenvalue weighted by Crippen LogP contribution is 2.26. The minimum atomic E-state index is -0.118. The summed E-state index contributed by atoms with van der Waals surface area (Å²) in [6.45, 7) is 1.34. The first-order valence-corrected chi connectivity index (χ1v) is 9.52. The van der Waals surface area contributed by atoms with E-state index in [2.05, 4.69) is 10.1 Å². The maximum absolute atomic E-state index is 12.9. The summed E-state index contributed by atoms with van der Waals surface area (Å²) in [5, 5.41) is 6.54. The molecule has 2 aromatic heterocycles. The van der Waals surface area contributed by atoms with Crippen LogP contribution in [0, 0.1) is 0 Å². The largest absolute Gasteiger partial charge is 0.381 e. The number of hydrogen-bond donors (Lipinski definition) is 0. The van der Waals surface area contributed by atoms with Crippen LogP contribution in [0.15, 0.2) is 47.8 Å². The number of rotatable bonds is 4. The summed E-state index contributed by atoms with van der Waals surface area (Å²) in [6, 6.07) is 13.7. The van der Waals surface area contributed by atoms with Crippen LogP contribution in [-0.4, -0.2) is 51.9 Å². The van der Waals surface area contributed by atoms with Crippen LogP contribution in [0.3, 0.4) is 0 Å². The topological polar surface area (TPSA) is 60.2 Å². The van der Waals surface area contributed by atoms with Crippen molar-refractivity contribution in [1.82, 2.24) is 19.7 Å². The average Bonchev–Trinajstić information content (AvgIpc) is 3.38. The normalized spacial score (nSPS) is 15.3. The molecule has 0 saturated carbocycles. The molecule has 0 N–H and O–H groups in total. The molecule has 3 aromatic rings. The Morgan fingerprint density at radius 2 is 1.92 bits per heavy atom. The fourth-order valence-electron chi connectivity index (χ4n) is 3.15. The average molecular weight is 368 g/mol. The summed E-state index contributed by atoms with van der Waals surface area (Å²) in [6.07, 6.45) is 1.93. The van der Waals surface area contributed by atoms with E-state index in [0.717, 1.165) is 23.4 Å². The molecule has 1 saturated heterocycles. The smallest absolute Gasteiger partial charge is 0.293 e. The summed E-state index contributed by atoms with van der Waals surface area (Å²) in [7, 11) is 1.72. The quantitative estimate of drug-likeness (QED) is 0.709. The molecule has 1 fully saturated rings. The van der Waals surface area contributed by atoms with Gasteiger partial charge in [-0.2, -0.15) is 0 Å². The highest BCUT2D eigenvalue weighted by Gasteiger charge is 2.27. The zero-order valence-corrected chi connectivity index (χ0v) is 15.4. The van der Waals surface area contributed by atoms with Crippen LogP contribution < -0.4 is 0 Å². The fourth-order valence-corrected chi connectivity index (χ4v) is 3.85. The number of thiophene rings is 1. The number of carbonyl (C=O) groups excluding carboxylic acids is 1. The molecule has 1 aliphatic heterocycles. The predicted molar refractivity (Wildman–Crippen MR) is 101 cm³/mol. The van der Waals surface area contributed by atoms with Gasteiger partial charge in [0.2, 0.25) is 5.82 Å². The van der Waals surface area contributed by atoms with Gasteiger partial charge in [0.25, 0.3) is 5.91 Å². The van der Waals surface area contributed by atoms with Crippen molar-refractivity contribution < 1.29 is 9.53 Å². The Bertz CT molecular complexity index is 868. The molecule has 0 aliphatic carbocycles. The van der Waals surface area contributed by atoms with Crippen molar-refractivity contribution in [2.24, 2.45) is 0 Å². The molecule has 1 aliphatic rings. The van der Waals surface area contributed by atoms with E-state index in [9.17, 15) is 4.79 Å². The van der Waals surface area contributed by atoms with Gasteiger partial charge in [0, 0.05) is 20.2 Å². The lowest BCUT2D eigenvalue weighted by Crippen LogP contribution is -2.41. The maximum Gasteiger partial charge on any atom is 0.293 e. The summed E-state index contributed by atoms with van der Waals surface area (Å²) in [5.41, 5.74) is 0.889. The Labute approximate surface area is 156 Å². The molecule has 4 rings (SSSR count). The molecule has 0 spiro atoms. The molecule has 0 atom stereocenters. The van der Waals surface area contributed by atoms with Crippen LogP contribution >= 0.6 is 11.3 Å². The minimum Gasteiger partial charge on any atom is -0.381 e. The van der Waals surface area contributed by atoms with E-state index in [1.165, 1.54) is 0 Å². The van der Waals surface area contributed by atoms with Gasteiger partial charge in [0.05, 0.1) is 16.7 Å². The summed E-state index contributed by atoms with van der Waals surface area (Å²) >= 11 is 1.58. The van der Waals surface area contributed by atoms with E-state index >= 15 is 0 Å². The van der Waals surface area contributed by atoms with E-state index in [1.807, 2.05) is 52.7 Å². The van der Waals surface area contributed by atoms with Gasteiger partial charge in [0.1, 0.15) is 0 Å². The monoisotopic (exact) mass is 368 g/mol. The van der Waals surface area contributed by atoms with Crippen molar-refractivity contribution in [3.8, 4) is 16.4 Å². The number of benzene rings is 1. The second kappa shape index (κ2) is 7.39. The standard InChI is InChI=1S/C19H20N4O2S/c1-25-15-9-11-22(12-10-15)19(24)17-20-18(16-8-5-13-26-16)23(21-17)14-6-3-2-4-7-14/h2-8,13,15H,9-12H2,1H3. The third-order valence-electron chi connectivity index (χ3n) is 4.60. The Balaban J connectivity index is 1.66. The summed E-state index contributed by atoms with van der Waals surface area (Å²) in [5.74, 6) is 0.821. The number of para-hydroxylation sites is 1. The Morgan fingerprint density at radius 1 is 1.15 bits per heavy atom. The van der Waals surface area contributed by atoms with E-state index in [1.54, 1.807) is 23.1 Å². The Morgan fingerprint density at radius 3 is 2.58 bits per heavy atom. The highest BCUT2D eigenvalue weighted by atomic mass is 32.1. The minimum absolute atomic E-state index is 0.118. The number of carbonyl (C=O) groups is 1. The molecule has 7 heteroatoms. The first-order valence-electron chi connectivity index (χ1n) is 8.64. The fraction of sp³-hybridized carbons (Fsp3) is 0.316. The molecule has 1 amide bonds. The summed E-state index contributed by atoms with van der Waals surface area (Å²) in [4.78, 5) is 20.3. The molecule has 0 unspecified atom stereocenters. The van der Waals surface area contributed by atoms with Crippen LogP contribution in [0.25, 0.3) is 16.4 Å². The molecule has 134 valence electrons. The number of nitrogens with zero attached hydrogens (tertiary/aromatic N) is 4. The first-order chi connectivity index (χ1) is 12.8. The van der Waals surface area contributed by atoms with Crippen LogP contribution in [0.5, 0.6) is 0 Å². The number of hydrogen-bond acceptors (Lipinski definition) is 5. The zero-order valence-electron chi connectivity index (χ0n) is 14.5. The van der Waals surface area contributed by atoms with Gasteiger partial charge in [-0.15, -0.1) is 16.4 Å². The van der Waals surface area contributed by atoms with Crippen LogP contribution in [0.2, 0.25) is 0 Å². The Hall–Kier alpha value is -2.51. The van der Waals surface area contributed by atoms with Crippen molar-refractivity contribution in [3.05, 3.63) is 53.7 Å². The predicted octanol–water partition coefficient (Wildman–Crippen LogP) is 3.25. The molecule has 3 heterocycles. The molecule has 26 heavy (non-hydrogen) atoms. The lowest BCUT2D eigenvalue weighted by Gasteiger charge is -2.30. The van der Waals surface area contributed by atoms with Gasteiger partial charge in [-0.25, -0.2) is 9.67 Å². The zero-order chi connectivity index (χ0) is 17.9. The molecule has 0 bridgehead atoms. The van der Waals surface area contributed by atoms with Crippen molar-refractivity contribution >= 4 is 17.2 Å². The van der Waals surface area contributed by atoms with Gasteiger partial charge in [-0.1, -0.05) is 24.3 Å². The van der Waals surface area contributed by atoms with Crippen molar-refractivity contribution in [3.63, 3.8) is 0 Å². The highest BCUT2D eigenvalue weighted by molar-refractivity contribution is 7.13. The van der Waals surface area contributed by atoms with Crippen LogP contribution in [0.1, 0.15) is 23.5 Å². The number of amides is 1. The van der Waals surface area contributed by atoms with Gasteiger partial charge < -0.3 is 9.64 Å². The van der Waals surface area contributed by atoms with E-state index < -0.39 is 0 Å². The number of ether oxygens (including phenoxy) is 1. The lowest BCUT2D eigenvalue weighted by molar-refractivity contribution is 0.0344. The lowest BCUT2D eigenvalue weighted by atomic mass is 10.1. The van der Waals surface area contributed by atoms with E-state index in [4.69, 9.17) is 4.74 Å². The van der Waals surface area contributed by atoms with Gasteiger partial charge >= 0.3 is 0 Å². The van der Waals surface area contributed by atoms with Crippen molar-refractivity contribution in [1.29, 1.82) is 0 Å². The van der Waals surface area contributed by atoms with Gasteiger partial charge in [-0.05, 0) is 36.4 Å². The number of piperidine rings is 1.